The van der Waals surface area contributed by atoms with E-state index in [2.05, 4.69) is 24.2 Å². The minimum absolute atomic E-state index is 0.354. The van der Waals surface area contributed by atoms with Crippen LogP contribution in [0.4, 0.5) is 0 Å². The first-order chi connectivity index (χ1) is 9.74. The van der Waals surface area contributed by atoms with Crippen LogP contribution < -0.4 is 0 Å². The van der Waals surface area contributed by atoms with Crippen molar-refractivity contribution in [1.82, 2.24) is 15.0 Å². The highest BCUT2D eigenvalue weighted by Crippen LogP contribution is 2.12. The van der Waals surface area contributed by atoms with E-state index in [1.165, 1.54) is 25.7 Å². The van der Waals surface area contributed by atoms with Crippen LogP contribution in [-0.2, 0) is 17.7 Å². The van der Waals surface area contributed by atoms with E-state index in [0.717, 1.165) is 31.5 Å². The molecule has 0 bridgehead atoms. The summed E-state index contributed by atoms with van der Waals surface area (Å²) in [7, 11) is 0. The molecule has 0 aromatic carbocycles. The van der Waals surface area contributed by atoms with E-state index in [0.29, 0.717) is 12.3 Å². The van der Waals surface area contributed by atoms with Gasteiger partial charge < -0.3 is 4.74 Å². The summed E-state index contributed by atoms with van der Waals surface area (Å²) in [6.07, 6.45) is 7.87. The number of rotatable bonds is 10. The first kappa shape index (κ1) is 16.7. The van der Waals surface area contributed by atoms with Crippen molar-refractivity contribution in [3.8, 4) is 0 Å². The third-order valence-electron chi connectivity index (χ3n) is 3.27. The van der Waals surface area contributed by atoms with E-state index in [-0.39, 0.29) is 5.97 Å². The van der Waals surface area contributed by atoms with Gasteiger partial charge in [0.05, 0.1) is 12.3 Å². The summed E-state index contributed by atoms with van der Waals surface area (Å²) in [6, 6.07) is 0. The molecule has 0 saturated carbocycles. The van der Waals surface area contributed by atoms with Gasteiger partial charge in [0, 0.05) is 6.54 Å². The summed E-state index contributed by atoms with van der Waals surface area (Å²) in [5.41, 5.74) is 1.31. The van der Waals surface area contributed by atoms with Gasteiger partial charge in [0.15, 0.2) is 5.69 Å². The molecule has 1 heterocycles. The van der Waals surface area contributed by atoms with Crippen LogP contribution in [0.2, 0.25) is 0 Å². The van der Waals surface area contributed by atoms with Crippen LogP contribution in [0.15, 0.2) is 0 Å². The molecule has 114 valence electrons. The molecule has 0 saturated heterocycles. The lowest BCUT2D eigenvalue weighted by Gasteiger charge is -2.07. The number of aromatic nitrogens is 3. The Labute approximate surface area is 121 Å². The highest BCUT2D eigenvalue weighted by atomic mass is 16.5. The molecule has 5 nitrogen and oxygen atoms in total. The molecule has 0 fully saturated rings. The third kappa shape index (κ3) is 4.94. The van der Waals surface area contributed by atoms with Crippen LogP contribution in [0.5, 0.6) is 0 Å². The van der Waals surface area contributed by atoms with E-state index in [1.807, 2.05) is 4.68 Å². The Morgan fingerprint density at radius 2 is 1.85 bits per heavy atom. The average Bonchev–Trinajstić information content (AvgIpc) is 2.83. The van der Waals surface area contributed by atoms with Gasteiger partial charge in [-0.25, -0.2) is 9.48 Å². The Balaban J connectivity index is 2.63. The Kier molecular flexibility index (Phi) is 7.92. The van der Waals surface area contributed by atoms with Gasteiger partial charge in [0.2, 0.25) is 0 Å². The van der Waals surface area contributed by atoms with Crippen LogP contribution in [0, 0.1) is 0 Å². The lowest BCUT2D eigenvalue weighted by atomic mass is 10.1. The standard InChI is InChI=1S/C15H27N3O2/c1-4-7-8-9-10-12-18-13(11-5-2)14(16-17-18)15(19)20-6-3/h4-12H2,1-3H3. The van der Waals surface area contributed by atoms with E-state index in [9.17, 15) is 4.79 Å². The molecular weight excluding hydrogens is 254 g/mol. The molecular formula is C15H27N3O2. The highest BCUT2D eigenvalue weighted by Gasteiger charge is 2.19. The minimum atomic E-state index is -0.354. The molecule has 20 heavy (non-hydrogen) atoms. The van der Waals surface area contributed by atoms with Gasteiger partial charge in [-0.2, -0.15) is 0 Å². The number of nitrogens with zero attached hydrogens (tertiary/aromatic N) is 3. The zero-order valence-electron chi connectivity index (χ0n) is 13.0. The van der Waals surface area contributed by atoms with Gasteiger partial charge in [-0.3, -0.25) is 0 Å². The second-order valence-corrected chi connectivity index (χ2v) is 4.99. The summed E-state index contributed by atoms with van der Waals surface area (Å²) < 4.78 is 6.91. The minimum Gasteiger partial charge on any atom is -0.461 e. The van der Waals surface area contributed by atoms with Crippen molar-refractivity contribution >= 4 is 5.97 Å². The van der Waals surface area contributed by atoms with Crippen molar-refractivity contribution in [1.29, 1.82) is 0 Å². The van der Waals surface area contributed by atoms with Crippen LogP contribution in [-0.4, -0.2) is 27.6 Å². The Bertz CT molecular complexity index is 402. The fraction of sp³-hybridized carbons (Fsp3) is 0.800. The second-order valence-electron chi connectivity index (χ2n) is 4.99. The summed E-state index contributed by atoms with van der Waals surface area (Å²) in [6.45, 7) is 7.31. The number of carbonyl (C=O) groups excluding carboxylic acids is 1. The van der Waals surface area contributed by atoms with Crippen LogP contribution in [0.3, 0.4) is 0 Å². The molecule has 1 rings (SSSR count). The first-order valence-electron chi connectivity index (χ1n) is 7.84. The van der Waals surface area contributed by atoms with Gasteiger partial charge in [0.25, 0.3) is 0 Å². The maximum absolute atomic E-state index is 11.8. The Hall–Kier alpha value is -1.39. The fourth-order valence-electron chi connectivity index (χ4n) is 2.22. The topological polar surface area (TPSA) is 57.0 Å². The van der Waals surface area contributed by atoms with Gasteiger partial charge >= 0.3 is 5.97 Å². The molecule has 1 aromatic heterocycles. The Morgan fingerprint density at radius 3 is 2.50 bits per heavy atom. The maximum Gasteiger partial charge on any atom is 0.360 e. The number of hydrogen-bond acceptors (Lipinski definition) is 4. The smallest absolute Gasteiger partial charge is 0.360 e. The predicted molar refractivity (Wildman–Crippen MR) is 78.7 cm³/mol. The zero-order chi connectivity index (χ0) is 14.8. The van der Waals surface area contributed by atoms with Crippen molar-refractivity contribution in [3.63, 3.8) is 0 Å². The molecule has 0 radical (unpaired) electrons. The molecule has 0 N–H and O–H groups in total. The normalized spacial score (nSPS) is 10.8. The van der Waals surface area contributed by atoms with E-state index in [4.69, 9.17) is 4.74 Å². The summed E-state index contributed by atoms with van der Waals surface area (Å²) >= 11 is 0. The monoisotopic (exact) mass is 281 g/mol. The summed E-state index contributed by atoms with van der Waals surface area (Å²) in [5, 5.41) is 8.13. The summed E-state index contributed by atoms with van der Waals surface area (Å²) in [4.78, 5) is 11.8. The van der Waals surface area contributed by atoms with Crippen molar-refractivity contribution in [3.05, 3.63) is 11.4 Å². The van der Waals surface area contributed by atoms with Crippen molar-refractivity contribution in [2.75, 3.05) is 6.61 Å². The van der Waals surface area contributed by atoms with Gasteiger partial charge in [-0.05, 0) is 19.8 Å². The van der Waals surface area contributed by atoms with Crippen molar-refractivity contribution in [2.24, 2.45) is 0 Å². The number of esters is 1. The largest absolute Gasteiger partial charge is 0.461 e. The number of ether oxygens (including phenoxy) is 1. The molecule has 0 aliphatic rings. The molecule has 0 aliphatic heterocycles. The number of unbranched alkanes of at least 4 members (excludes halogenated alkanes) is 4. The van der Waals surface area contributed by atoms with E-state index < -0.39 is 0 Å². The average molecular weight is 281 g/mol. The third-order valence-corrected chi connectivity index (χ3v) is 3.27. The van der Waals surface area contributed by atoms with Crippen LogP contribution >= 0.6 is 0 Å². The molecule has 5 heteroatoms. The van der Waals surface area contributed by atoms with Gasteiger partial charge in [-0.15, -0.1) is 5.10 Å². The number of carbonyl (C=O) groups is 1. The molecule has 0 spiro atoms. The Morgan fingerprint density at radius 1 is 1.10 bits per heavy atom. The highest BCUT2D eigenvalue weighted by molar-refractivity contribution is 5.88. The lowest BCUT2D eigenvalue weighted by molar-refractivity contribution is 0.0518. The first-order valence-corrected chi connectivity index (χ1v) is 7.84. The van der Waals surface area contributed by atoms with Gasteiger partial charge in [-0.1, -0.05) is 51.2 Å². The predicted octanol–water partition coefficient (Wildman–Crippen LogP) is 3.38. The molecule has 0 aliphatic carbocycles. The molecule has 0 unspecified atom stereocenters. The molecule has 0 atom stereocenters. The number of hydrogen-bond donors (Lipinski definition) is 0. The van der Waals surface area contributed by atoms with Crippen LogP contribution in [0.1, 0.15) is 75.5 Å². The van der Waals surface area contributed by atoms with E-state index >= 15 is 0 Å². The number of aryl methyl sites for hydroxylation is 1. The lowest BCUT2D eigenvalue weighted by Crippen LogP contribution is -2.11. The van der Waals surface area contributed by atoms with Crippen molar-refractivity contribution in [2.45, 2.75) is 72.3 Å². The zero-order valence-corrected chi connectivity index (χ0v) is 13.0. The quantitative estimate of drug-likeness (QED) is 0.487. The second kappa shape index (κ2) is 9.50. The molecule has 1 aromatic rings. The molecule has 0 amide bonds. The maximum atomic E-state index is 11.8. The fourth-order valence-corrected chi connectivity index (χ4v) is 2.22. The SMILES string of the molecule is CCCCCCCn1nnc(C(=O)OCC)c1CCC. The van der Waals surface area contributed by atoms with Crippen molar-refractivity contribution < 1.29 is 9.53 Å². The van der Waals surface area contributed by atoms with E-state index in [1.54, 1.807) is 6.92 Å². The van der Waals surface area contributed by atoms with Gasteiger partial charge in [0.1, 0.15) is 0 Å². The summed E-state index contributed by atoms with van der Waals surface area (Å²) in [5.74, 6) is -0.354. The van der Waals surface area contributed by atoms with Crippen LogP contribution in [0.25, 0.3) is 0 Å².